The average Bonchev–Trinajstić information content (AvgIpc) is 3.39. The number of nitrogens with zero attached hydrogens (tertiary/aromatic N) is 3. The Labute approximate surface area is 181 Å². The van der Waals surface area contributed by atoms with Gasteiger partial charge in [0.2, 0.25) is 0 Å². The molecule has 3 aromatic rings. The Morgan fingerprint density at radius 1 is 1.30 bits per heavy atom. The number of allylic oxidation sites excluding steroid dienone is 1. The number of halogens is 1. The number of fused-ring (bicyclic) bond motifs is 3. The number of piperidine rings is 1. The first kappa shape index (κ1) is 19.2. The minimum Gasteiger partial charge on any atom is -0.342 e. The molecule has 5 rings (SSSR count). The molecule has 1 N–H and O–H groups in total. The van der Waals surface area contributed by atoms with E-state index in [1.807, 2.05) is 35.4 Å². The fraction of sp³-hybridized carbons (Fsp3) is 0.333. The molecule has 0 bridgehead atoms. The molecule has 2 amide bonds. The van der Waals surface area contributed by atoms with Gasteiger partial charge in [0.25, 0.3) is 0 Å². The molecule has 1 aliphatic heterocycles. The first-order valence-corrected chi connectivity index (χ1v) is 10.9. The topological polar surface area (TPSA) is 50.2 Å². The zero-order valence-corrected chi connectivity index (χ0v) is 17.8. The first-order chi connectivity index (χ1) is 14.6. The molecule has 5 nitrogen and oxygen atoms in total. The molecule has 0 unspecified atom stereocenters. The summed E-state index contributed by atoms with van der Waals surface area (Å²) in [6.07, 6.45) is 10.4. The summed E-state index contributed by atoms with van der Waals surface area (Å²) in [5, 5.41) is 4.88. The fourth-order valence-corrected chi connectivity index (χ4v) is 4.84. The molecule has 2 aromatic heterocycles. The molecule has 0 radical (unpaired) electrons. The van der Waals surface area contributed by atoms with Crippen LogP contribution in [-0.2, 0) is 13.0 Å². The van der Waals surface area contributed by atoms with Gasteiger partial charge >= 0.3 is 6.03 Å². The number of benzene rings is 1. The van der Waals surface area contributed by atoms with Crippen LogP contribution in [0.5, 0.6) is 0 Å². The summed E-state index contributed by atoms with van der Waals surface area (Å²) in [4.78, 5) is 19.4. The van der Waals surface area contributed by atoms with Crippen LogP contribution in [-0.4, -0.2) is 33.6 Å². The van der Waals surface area contributed by atoms with Gasteiger partial charge in [-0.3, -0.25) is 4.98 Å². The molecule has 1 aromatic carbocycles. The van der Waals surface area contributed by atoms with Gasteiger partial charge in [0.15, 0.2) is 0 Å². The number of nitrogens with one attached hydrogen (secondary N) is 1. The number of pyridine rings is 1. The molecule has 1 aliphatic carbocycles. The minimum absolute atomic E-state index is 0.0323. The van der Waals surface area contributed by atoms with E-state index in [1.165, 1.54) is 11.1 Å². The lowest BCUT2D eigenvalue weighted by molar-refractivity contribution is 0.141. The van der Waals surface area contributed by atoms with E-state index in [2.05, 4.69) is 46.2 Å². The summed E-state index contributed by atoms with van der Waals surface area (Å²) in [5.41, 5.74) is 4.54. The zero-order chi connectivity index (χ0) is 20.7. The van der Waals surface area contributed by atoms with E-state index in [0.717, 1.165) is 36.0 Å². The lowest BCUT2D eigenvalue weighted by Gasteiger charge is -2.38. The third kappa shape index (κ3) is 3.37. The summed E-state index contributed by atoms with van der Waals surface area (Å²) in [7, 11) is 0. The van der Waals surface area contributed by atoms with Crippen LogP contribution >= 0.6 is 11.6 Å². The summed E-state index contributed by atoms with van der Waals surface area (Å²) >= 11 is 6.23. The lowest BCUT2D eigenvalue weighted by atomic mass is 9.93. The third-order valence-electron chi connectivity index (χ3n) is 6.42. The van der Waals surface area contributed by atoms with Crippen LogP contribution in [0.15, 0.2) is 48.8 Å². The predicted octanol–water partition coefficient (Wildman–Crippen LogP) is 5.05. The average molecular weight is 421 g/mol. The Hall–Kier alpha value is -2.79. The number of amides is 2. The van der Waals surface area contributed by atoms with Crippen molar-refractivity contribution in [1.82, 2.24) is 19.8 Å². The van der Waals surface area contributed by atoms with Crippen LogP contribution in [0.4, 0.5) is 4.79 Å². The van der Waals surface area contributed by atoms with Gasteiger partial charge in [0, 0.05) is 54.4 Å². The molecular weight excluding hydrogens is 396 g/mol. The maximum Gasteiger partial charge on any atom is 0.317 e. The van der Waals surface area contributed by atoms with Gasteiger partial charge in [-0.05, 0) is 30.0 Å². The van der Waals surface area contributed by atoms with Gasteiger partial charge < -0.3 is 14.8 Å². The van der Waals surface area contributed by atoms with Crippen LogP contribution < -0.4 is 5.32 Å². The summed E-state index contributed by atoms with van der Waals surface area (Å²) < 4.78 is 2.36. The number of urea groups is 1. The number of rotatable bonds is 3. The number of carbonyl (C=O) groups is 1. The molecule has 154 valence electrons. The first-order valence-electron chi connectivity index (χ1n) is 10.5. The highest BCUT2D eigenvalue weighted by Gasteiger charge is 2.31. The summed E-state index contributed by atoms with van der Waals surface area (Å²) in [5.74, 6) is 0.488. The molecule has 2 atom stereocenters. The van der Waals surface area contributed by atoms with Crippen molar-refractivity contribution in [3.63, 3.8) is 0 Å². The van der Waals surface area contributed by atoms with Gasteiger partial charge in [0.1, 0.15) is 0 Å². The number of aromatic nitrogens is 2. The Kier molecular flexibility index (Phi) is 4.99. The molecule has 0 saturated carbocycles. The maximum absolute atomic E-state index is 12.9. The van der Waals surface area contributed by atoms with Crippen molar-refractivity contribution in [2.45, 2.75) is 32.4 Å². The van der Waals surface area contributed by atoms with Gasteiger partial charge in [-0.2, -0.15) is 0 Å². The van der Waals surface area contributed by atoms with Crippen LogP contribution in [0.1, 0.15) is 36.2 Å². The predicted molar refractivity (Wildman–Crippen MR) is 121 cm³/mol. The maximum atomic E-state index is 12.9. The van der Waals surface area contributed by atoms with Crippen LogP contribution in [0, 0.1) is 5.92 Å². The number of carbonyl (C=O) groups excluding carboxylic acids is 1. The smallest absolute Gasteiger partial charge is 0.317 e. The monoisotopic (exact) mass is 420 g/mol. The molecule has 1 saturated heterocycles. The van der Waals surface area contributed by atoms with E-state index in [-0.39, 0.29) is 12.1 Å². The standard InChI is InChI=1S/C24H25ClN4O/c1-16-9-11-28(24(30)27-13-17-5-2-3-7-20(17)25)15-22(16)29-12-10-18-14-26-21-8-4-6-19(21)23(18)29/h2-7,10,12,14,16,22H,8-9,11,13,15H2,1H3,(H,27,30)/t16-,22+/m1/s1. The van der Waals surface area contributed by atoms with Crippen molar-refractivity contribution in [2.75, 3.05) is 13.1 Å². The molecule has 3 heterocycles. The minimum atomic E-state index is -0.0323. The molecule has 0 spiro atoms. The number of hydrogen-bond donors (Lipinski definition) is 1. The van der Waals surface area contributed by atoms with Crippen LogP contribution in [0.25, 0.3) is 17.0 Å². The second kappa shape index (κ2) is 7.80. The molecule has 6 heteroatoms. The summed E-state index contributed by atoms with van der Waals surface area (Å²) in [6.45, 7) is 4.18. The van der Waals surface area contributed by atoms with Gasteiger partial charge in [-0.25, -0.2) is 4.79 Å². The molecule has 1 fully saturated rings. The van der Waals surface area contributed by atoms with Crippen molar-refractivity contribution in [3.05, 3.63) is 70.6 Å². The largest absolute Gasteiger partial charge is 0.342 e. The van der Waals surface area contributed by atoms with Gasteiger partial charge in [0.05, 0.1) is 17.3 Å². The van der Waals surface area contributed by atoms with E-state index in [0.29, 0.717) is 24.0 Å². The highest BCUT2D eigenvalue weighted by atomic mass is 35.5. The molecule has 30 heavy (non-hydrogen) atoms. The normalized spacial score (nSPS) is 20.5. The van der Waals surface area contributed by atoms with Crippen molar-refractivity contribution in [3.8, 4) is 0 Å². The van der Waals surface area contributed by atoms with Gasteiger partial charge in [-0.15, -0.1) is 0 Å². The Morgan fingerprint density at radius 2 is 2.17 bits per heavy atom. The number of hydrogen-bond acceptors (Lipinski definition) is 2. The van der Waals surface area contributed by atoms with E-state index in [9.17, 15) is 4.79 Å². The van der Waals surface area contributed by atoms with Crippen molar-refractivity contribution in [2.24, 2.45) is 5.92 Å². The lowest BCUT2D eigenvalue weighted by Crippen LogP contribution is -2.47. The van der Waals surface area contributed by atoms with Crippen LogP contribution in [0.3, 0.4) is 0 Å². The Morgan fingerprint density at radius 3 is 3.03 bits per heavy atom. The van der Waals surface area contributed by atoms with E-state index >= 15 is 0 Å². The van der Waals surface area contributed by atoms with Gasteiger partial charge in [-0.1, -0.05) is 48.9 Å². The Balaban J connectivity index is 1.36. The molecule has 2 aliphatic rings. The van der Waals surface area contributed by atoms with E-state index in [1.54, 1.807) is 0 Å². The second-order valence-electron chi connectivity index (χ2n) is 8.28. The van der Waals surface area contributed by atoms with Crippen molar-refractivity contribution >= 4 is 34.6 Å². The Bertz CT molecular complexity index is 1140. The highest BCUT2D eigenvalue weighted by molar-refractivity contribution is 6.31. The summed E-state index contributed by atoms with van der Waals surface area (Å²) in [6, 6.07) is 9.96. The van der Waals surface area contributed by atoms with E-state index in [4.69, 9.17) is 11.6 Å². The third-order valence-corrected chi connectivity index (χ3v) is 6.79. The van der Waals surface area contributed by atoms with E-state index < -0.39 is 0 Å². The zero-order valence-electron chi connectivity index (χ0n) is 17.0. The highest BCUT2D eigenvalue weighted by Crippen LogP contribution is 2.35. The van der Waals surface area contributed by atoms with Crippen LogP contribution in [0.2, 0.25) is 5.02 Å². The quantitative estimate of drug-likeness (QED) is 0.644. The molecular formula is C24H25ClN4O. The van der Waals surface area contributed by atoms with Crippen molar-refractivity contribution in [1.29, 1.82) is 0 Å². The second-order valence-corrected chi connectivity index (χ2v) is 8.69. The number of likely N-dealkylation sites (tertiary alicyclic amines) is 1. The fourth-order valence-electron chi connectivity index (χ4n) is 4.64. The SMILES string of the molecule is C[C@@H]1CCN(C(=O)NCc2ccccc2Cl)C[C@@H]1n1ccc2cnc3c(c21)C=CC3. The van der Waals surface area contributed by atoms with Crippen molar-refractivity contribution < 1.29 is 4.79 Å².